The van der Waals surface area contributed by atoms with Crippen LogP contribution in [-0.4, -0.2) is 50.6 Å². The molecule has 0 bridgehead atoms. The smallest absolute Gasteiger partial charge is 0.303 e. The van der Waals surface area contributed by atoms with E-state index in [1.54, 1.807) is 0 Å². The maximum Gasteiger partial charge on any atom is 0.303 e. The lowest BCUT2D eigenvalue weighted by molar-refractivity contribution is -0.138. The lowest BCUT2D eigenvalue weighted by Crippen LogP contribution is -1.93. The fourth-order valence-corrected chi connectivity index (χ4v) is 2.23. The van der Waals surface area contributed by atoms with Gasteiger partial charge in [0.2, 0.25) is 0 Å². The fourth-order valence-electron chi connectivity index (χ4n) is 2.23. The first-order valence-corrected chi connectivity index (χ1v) is 10.8. The quantitative estimate of drug-likeness (QED) is 0.144. The minimum atomic E-state index is -0.696. The second kappa shape index (κ2) is 32.8. The highest BCUT2D eigenvalue weighted by Gasteiger charge is 1.95. The van der Waals surface area contributed by atoms with E-state index in [0.717, 1.165) is 77.0 Å². The molecule has 0 amide bonds. The van der Waals surface area contributed by atoms with Crippen LogP contribution in [0.3, 0.4) is 0 Å². The van der Waals surface area contributed by atoms with E-state index in [9.17, 15) is 14.4 Å². The highest BCUT2D eigenvalue weighted by Crippen LogP contribution is 2.03. The molecule has 0 aromatic rings. The van der Waals surface area contributed by atoms with Gasteiger partial charge in [0.25, 0.3) is 0 Å². The van der Waals surface area contributed by atoms with Gasteiger partial charge in [-0.1, -0.05) is 37.5 Å². The zero-order chi connectivity index (χ0) is 23.5. The third-order valence-corrected chi connectivity index (χ3v) is 3.90. The van der Waals surface area contributed by atoms with Crippen molar-refractivity contribution in [3.63, 3.8) is 0 Å². The van der Waals surface area contributed by atoms with Gasteiger partial charge in [-0.15, -0.1) is 19.7 Å². The van der Waals surface area contributed by atoms with E-state index in [1.807, 2.05) is 18.2 Å². The molecule has 0 rings (SSSR count). The monoisotopic (exact) mass is 456 g/mol. The van der Waals surface area contributed by atoms with Crippen molar-refractivity contribution in [1.82, 2.24) is 0 Å². The summed E-state index contributed by atoms with van der Waals surface area (Å²) in [7, 11) is 0. The molecule has 0 saturated carbocycles. The predicted molar refractivity (Wildman–Crippen MR) is 133 cm³/mol. The molecule has 0 fully saturated rings. The average Bonchev–Trinajstić information content (AvgIpc) is 2.68. The molecule has 0 spiro atoms. The maximum absolute atomic E-state index is 10.0. The standard InChI is InChI=1S/3C8H14O2.Al.3H/c3*1-2-3-4-5-6-7-8(9)10;;;;/h3*2H,1,3-7H2,(H,9,10);;;;. The van der Waals surface area contributed by atoms with Crippen LogP contribution in [0, 0.1) is 0 Å². The summed E-state index contributed by atoms with van der Waals surface area (Å²) in [4.78, 5) is 30.0. The van der Waals surface area contributed by atoms with E-state index in [-0.39, 0.29) is 17.4 Å². The van der Waals surface area contributed by atoms with Gasteiger partial charge in [-0.3, -0.25) is 14.4 Å². The Bertz CT molecular complexity index is 396. The van der Waals surface area contributed by atoms with Crippen molar-refractivity contribution in [3.05, 3.63) is 38.0 Å². The number of aliphatic carboxylic acids is 3. The van der Waals surface area contributed by atoms with Gasteiger partial charge in [0.05, 0.1) is 0 Å². The Kier molecular flexibility index (Phi) is 38.7. The van der Waals surface area contributed by atoms with Crippen LogP contribution in [0.5, 0.6) is 0 Å². The Hall–Kier alpha value is -1.84. The van der Waals surface area contributed by atoms with Gasteiger partial charge in [0.1, 0.15) is 0 Å². The largest absolute Gasteiger partial charge is 0.481 e. The number of carbonyl (C=O) groups is 3. The molecule has 0 aliphatic heterocycles. The summed E-state index contributed by atoms with van der Waals surface area (Å²) in [5.41, 5.74) is 0. The molecule has 0 atom stereocenters. The molecule has 0 heterocycles. The van der Waals surface area contributed by atoms with E-state index in [4.69, 9.17) is 15.3 Å². The zero-order valence-corrected chi connectivity index (χ0v) is 18.5. The molecule has 180 valence electrons. The van der Waals surface area contributed by atoms with Crippen molar-refractivity contribution in [3.8, 4) is 0 Å². The Labute approximate surface area is 199 Å². The second-order valence-corrected chi connectivity index (χ2v) is 6.85. The minimum Gasteiger partial charge on any atom is -0.481 e. The van der Waals surface area contributed by atoms with Crippen LogP contribution in [0.4, 0.5) is 0 Å². The number of carboxylic acid groups (broad SMARTS) is 3. The molecule has 0 unspecified atom stereocenters. The highest BCUT2D eigenvalue weighted by atomic mass is 27.0. The van der Waals surface area contributed by atoms with E-state index >= 15 is 0 Å². The van der Waals surface area contributed by atoms with Gasteiger partial charge < -0.3 is 15.3 Å². The van der Waals surface area contributed by atoms with Crippen LogP contribution in [0.15, 0.2) is 38.0 Å². The zero-order valence-electron chi connectivity index (χ0n) is 18.5. The molecule has 0 radical (unpaired) electrons. The van der Waals surface area contributed by atoms with Gasteiger partial charge in [0.15, 0.2) is 17.4 Å². The first kappa shape index (κ1) is 36.5. The third kappa shape index (κ3) is 52.5. The van der Waals surface area contributed by atoms with Gasteiger partial charge in [-0.25, -0.2) is 0 Å². The highest BCUT2D eigenvalue weighted by molar-refractivity contribution is 5.75. The molecule has 0 aliphatic rings. The lowest BCUT2D eigenvalue weighted by atomic mass is 10.1. The number of hydrogen-bond donors (Lipinski definition) is 3. The normalized spacial score (nSPS) is 8.90. The van der Waals surface area contributed by atoms with Gasteiger partial charge in [-0.05, 0) is 57.8 Å². The first-order valence-electron chi connectivity index (χ1n) is 10.8. The SMILES string of the molecule is C=CCCCCCC(=O)O.C=CCCCCCC(=O)O.C=CCCCCCC(=O)O.[AlH3]. The molecular formula is C24H45AlO6. The number of rotatable bonds is 18. The molecule has 0 saturated heterocycles. The van der Waals surface area contributed by atoms with Crippen LogP contribution in [0.2, 0.25) is 0 Å². The lowest BCUT2D eigenvalue weighted by Gasteiger charge is -1.93. The number of hydrogen-bond acceptors (Lipinski definition) is 3. The number of carboxylic acids is 3. The van der Waals surface area contributed by atoms with E-state index < -0.39 is 17.9 Å². The summed E-state index contributed by atoms with van der Waals surface area (Å²) >= 11 is 0. The summed E-state index contributed by atoms with van der Waals surface area (Å²) in [6.07, 6.45) is 18.1. The molecule has 3 N–H and O–H groups in total. The Balaban J connectivity index is -0.000000174. The Morgan fingerprint density at radius 3 is 0.871 bits per heavy atom. The van der Waals surface area contributed by atoms with Gasteiger partial charge in [-0.2, -0.15) is 0 Å². The number of allylic oxidation sites excluding steroid dienone is 3. The summed E-state index contributed by atoms with van der Waals surface area (Å²) < 4.78 is 0. The van der Waals surface area contributed by atoms with Crippen molar-refractivity contribution in [1.29, 1.82) is 0 Å². The predicted octanol–water partition coefficient (Wildman–Crippen LogP) is 5.44. The Morgan fingerprint density at radius 2 is 0.710 bits per heavy atom. The van der Waals surface area contributed by atoms with Gasteiger partial charge in [0, 0.05) is 19.3 Å². The van der Waals surface area contributed by atoms with E-state index in [2.05, 4.69) is 19.7 Å². The molecule has 0 aromatic heterocycles. The third-order valence-electron chi connectivity index (χ3n) is 3.90. The summed E-state index contributed by atoms with van der Waals surface area (Å²) in [6.45, 7) is 10.7. The van der Waals surface area contributed by atoms with Crippen LogP contribution in [-0.2, 0) is 14.4 Å². The van der Waals surface area contributed by atoms with Crippen molar-refractivity contribution in [2.75, 3.05) is 0 Å². The van der Waals surface area contributed by atoms with Crippen LogP contribution < -0.4 is 0 Å². The topological polar surface area (TPSA) is 112 Å². The summed E-state index contributed by atoms with van der Waals surface area (Å²) in [6, 6.07) is 0. The van der Waals surface area contributed by atoms with Crippen LogP contribution >= 0.6 is 0 Å². The maximum atomic E-state index is 10.0. The first-order chi connectivity index (χ1) is 14.3. The average molecular weight is 457 g/mol. The van der Waals surface area contributed by atoms with Crippen LogP contribution in [0.1, 0.15) is 96.3 Å². The molecule has 0 aromatic carbocycles. The van der Waals surface area contributed by atoms with Crippen LogP contribution in [0.25, 0.3) is 0 Å². The molecule has 7 heteroatoms. The van der Waals surface area contributed by atoms with Crippen molar-refractivity contribution >= 4 is 35.3 Å². The fraction of sp³-hybridized carbons (Fsp3) is 0.625. The molecule has 6 nitrogen and oxygen atoms in total. The summed E-state index contributed by atoms with van der Waals surface area (Å²) in [5, 5.41) is 24.7. The summed E-state index contributed by atoms with van der Waals surface area (Å²) in [5.74, 6) is -2.09. The minimum absolute atomic E-state index is 0. The van der Waals surface area contributed by atoms with Crippen molar-refractivity contribution < 1.29 is 29.7 Å². The molecule has 0 aliphatic carbocycles. The van der Waals surface area contributed by atoms with E-state index in [1.165, 1.54) is 0 Å². The van der Waals surface area contributed by atoms with Gasteiger partial charge >= 0.3 is 17.9 Å². The number of unbranched alkanes of at least 4 members (excludes halogenated alkanes) is 9. The second-order valence-electron chi connectivity index (χ2n) is 6.85. The Morgan fingerprint density at radius 1 is 0.484 bits per heavy atom. The molecular weight excluding hydrogens is 411 g/mol. The van der Waals surface area contributed by atoms with Crippen molar-refractivity contribution in [2.45, 2.75) is 96.3 Å². The molecule has 31 heavy (non-hydrogen) atoms. The van der Waals surface area contributed by atoms with E-state index in [0.29, 0.717) is 19.3 Å². The van der Waals surface area contributed by atoms with Crippen molar-refractivity contribution in [2.24, 2.45) is 0 Å².